The summed E-state index contributed by atoms with van der Waals surface area (Å²) in [6.45, 7) is 6.16. The first-order chi connectivity index (χ1) is 4.88. The van der Waals surface area contributed by atoms with Gasteiger partial charge in [0.25, 0.3) is 0 Å². The zero-order chi connectivity index (χ0) is 9.07. The van der Waals surface area contributed by atoms with Crippen LogP contribution < -0.4 is 11.1 Å². The molecule has 0 aliphatic carbocycles. The van der Waals surface area contributed by atoms with Gasteiger partial charge in [-0.15, -0.1) is 0 Å². The first-order valence-electron chi connectivity index (χ1n) is 3.57. The summed E-state index contributed by atoms with van der Waals surface area (Å²) in [7, 11) is 0. The zero-order valence-corrected chi connectivity index (χ0v) is 7.22. The summed E-state index contributed by atoms with van der Waals surface area (Å²) in [5.41, 5.74) is 5.26. The zero-order valence-electron chi connectivity index (χ0n) is 7.22. The predicted molar refractivity (Wildman–Crippen MR) is 43.5 cm³/mol. The van der Waals surface area contributed by atoms with Crippen LogP contribution in [0.1, 0.15) is 20.8 Å². The van der Waals surface area contributed by atoms with Crippen molar-refractivity contribution >= 4 is 6.09 Å². The normalized spacial score (nSPS) is 14.2. The first kappa shape index (κ1) is 10.2. The quantitative estimate of drug-likeness (QED) is 0.554. The lowest BCUT2D eigenvalue weighted by Gasteiger charge is -2.28. The van der Waals surface area contributed by atoms with Crippen molar-refractivity contribution in [2.75, 3.05) is 6.54 Å². The van der Waals surface area contributed by atoms with Crippen LogP contribution in [0.2, 0.25) is 0 Å². The van der Waals surface area contributed by atoms with E-state index in [1.807, 2.05) is 20.8 Å². The molecular formula is C7H16N2O2. The van der Waals surface area contributed by atoms with E-state index in [0.29, 0.717) is 6.54 Å². The van der Waals surface area contributed by atoms with Gasteiger partial charge in [-0.1, -0.05) is 20.8 Å². The second-order valence-electron chi connectivity index (χ2n) is 3.60. The minimum Gasteiger partial charge on any atom is -0.465 e. The highest BCUT2D eigenvalue weighted by molar-refractivity contribution is 5.65. The predicted octanol–water partition coefficient (Wildman–Crippen LogP) is 0.627. The number of rotatable bonds is 2. The van der Waals surface area contributed by atoms with Crippen molar-refractivity contribution in [1.29, 1.82) is 0 Å². The molecule has 0 aliphatic rings. The Morgan fingerprint density at radius 1 is 1.64 bits per heavy atom. The molecule has 0 bridgehead atoms. The Morgan fingerprint density at radius 2 is 2.09 bits per heavy atom. The largest absolute Gasteiger partial charge is 0.465 e. The van der Waals surface area contributed by atoms with Gasteiger partial charge in [0.15, 0.2) is 0 Å². The van der Waals surface area contributed by atoms with E-state index >= 15 is 0 Å². The monoisotopic (exact) mass is 160 g/mol. The van der Waals surface area contributed by atoms with Gasteiger partial charge in [0.1, 0.15) is 0 Å². The number of amides is 1. The lowest BCUT2D eigenvalue weighted by atomic mass is 9.87. The van der Waals surface area contributed by atoms with Gasteiger partial charge in [-0.05, 0) is 5.41 Å². The molecule has 0 spiro atoms. The molecule has 4 N–H and O–H groups in total. The van der Waals surface area contributed by atoms with Gasteiger partial charge in [0.2, 0.25) is 0 Å². The lowest BCUT2D eigenvalue weighted by molar-refractivity contribution is 0.176. The molecule has 1 atom stereocenters. The maximum atomic E-state index is 10.2. The Morgan fingerprint density at radius 3 is 2.18 bits per heavy atom. The third kappa shape index (κ3) is 3.83. The van der Waals surface area contributed by atoms with Gasteiger partial charge in [-0.2, -0.15) is 0 Å². The van der Waals surface area contributed by atoms with E-state index in [9.17, 15) is 4.79 Å². The fourth-order valence-corrected chi connectivity index (χ4v) is 0.778. The highest BCUT2D eigenvalue weighted by atomic mass is 16.4. The SMILES string of the molecule is CC(C)(C)C(CN)NC(=O)O. The molecule has 4 heteroatoms. The van der Waals surface area contributed by atoms with Crippen molar-refractivity contribution in [2.45, 2.75) is 26.8 Å². The Hall–Kier alpha value is -0.770. The molecule has 0 fully saturated rings. The molecule has 0 radical (unpaired) electrons. The standard InChI is InChI=1S/C7H16N2O2/c1-7(2,3)5(4-8)9-6(10)11/h5,9H,4,8H2,1-3H3,(H,10,11). The Balaban J connectivity index is 4.07. The van der Waals surface area contributed by atoms with Crippen LogP contribution in [-0.4, -0.2) is 23.8 Å². The van der Waals surface area contributed by atoms with E-state index < -0.39 is 6.09 Å². The topological polar surface area (TPSA) is 75.3 Å². The molecule has 66 valence electrons. The van der Waals surface area contributed by atoms with Gasteiger partial charge in [0.05, 0.1) is 0 Å². The molecule has 1 amide bonds. The third-order valence-corrected chi connectivity index (χ3v) is 1.58. The number of carboxylic acid groups (broad SMARTS) is 1. The minimum atomic E-state index is -1.02. The Kier molecular flexibility index (Phi) is 3.32. The molecule has 0 saturated heterocycles. The van der Waals surface area contributed by atoms with Crippen molar-refractivity contribution in [2.24, 2.45) is 11.1 Å². The molecular weight excluding hydrogens is 144 g/mol. The van der Waals surface area contributed by atoms with Crippen molar-refractivity contribution in [3.63, 3.8) is 0 Å². The van der Waals surface area contributed by atoms with Crippen LogP contribution in [0.25, 0.3) is 0 Å². The molecule has 0 aliphatic heterocycles. The number of hydrogen-bond acceptors (Lipinski definition) is 2. The van der Waals surface area contributed by atoms with E-state index in [2.05, 4.69) is 5.32 Å². The van der Waals surface area contributed by atoms with Crippen LogP contribution in [0.3, 0.4) is 0 Å². The summed E-state index contributed by atoms with van der Waals surface area (Å²) in [4.78, 5) is 10.2. The van der Waals surface area contributed by atoms with Crippen molar-refractivity contribution in [3.05, 3.63) is 0 Å². The average Bonchev–Trinajstić information content (AvgIpc) is 1.79. The summed E-state index contributed by atoms with van der Waals surface area (Å²) in [5, 5.41) is 10.8. The van der Waals surface area contributed by atoms with Gasteiger partial charge in [-0.3, -0.25) is 0 Å². The maximum absolute atomic E-state index is 10.2. The number of carbonyl (C=O) groups is 1. The van der Waals surface area contributed by atoms with Gasteiger partial charge in [0, 0.05) is 12.6 Å². The highest BCUT2D eigenvalue weighted by Gasteiger charge is 2.24. The van der Waals surface area contributed by atoms with Crippen LogP contribution in [0, 0.1) is 5.41 Å². The molecule has 11 heavy (non-hydrogen) atoms. The van der Waals surface area contributed by atoms with E-state index in [0.717, 1.165) is 0 Å². The maximum Gasteiger partial charge on any atom is 0.404 e. The van der Waals surface area contributed by atoms with E-state index in [4.69, 9.17) is 10.8 Å². The second kappa shape index (κ2) is 3.57. The summed E-state index contributed by atoms with van der Waals surface area (Å²) in [6, 6.07) is -0.181. The van der Waals surface area contributed by atoms with Gasteiger partial charge < -0.3 is 16.2 Å². The Labute approximate surface area is 66.8 Å². The molecule has 0 aromatic heterocycles. The first-order valence-corrected chi connectivity index (χ1v) is 3.57. The van der Waals surface area contributed by atoms with Gasteiger partial charge >= 0.3 is 6.09 Å². The summed E-state index contributed by atoms with van der Waals surface area (Å²) in [6.07, 6.45) is -1.02. The molecule has 0 aromatic carbocycles. The fraction of sp³-hybridized carbons (Fsp3) is 0.857. The smallest absolute Gasteiger partial charge is 0.404 e. The van der Waals surface area contributed by atoms with Crippen molar-refractivity contribution in [3.8, 4) is 0 Å². The summed E-state index contributed by atoms with van der Waals surface area (Å²) in [5.74, 6) is 0. The second-order valence-corrected chi connectivity index (χ2v) is 3.60. The summed E-state index contributed by atoms with van der Waals surface area (Å²) >= 11 is 0. The van der Waals surface area contributed by atoms with Crippen LogP contribution >= 0.6 is 0 Å². The third-order valence-electron chi connectivity index (χ3n) is 1.58. The van der Waals surface area contributed by atoms with Crippen LogP contribution in [-0.2, 0) is 0 Å². The molecule has 0 rings (SSSR count). The average molecular weight is 160 g/mol. The molecule has 0 saturated carbocycles. The summed E-state index contributed by atoms with van der Waals surface area (Å²) < 4.78 is 0. The molecule has 1 unspecified atom stereocenters. The van der Waals surface area contributed by atoms with Crippen LogP contribution in [0.4, 0.5) is 4.79 Å². The minimum absolute atomic E-state index is 0.118. The van der Waals surface area contributed by atoms with E-state index in [-0.39, 0.29) is 11.5 Å². The van der Waals surface area contributed by atoms with Gasteiger partial charge in [-0.25, -0.2) is 4.79 Å². The number of nitrogens with one attached hydrogen (secondary N) is 1. The highest BCUT2D eigenvalue weighted by Crippen LogP contribution is 2.17. The number of hydrogen-bond donors (Lipinski definition) is 3. The number of nitrogens with two attached hydrogens (primary N) is 1. The van der Waals surface area contributed by atoms with Crippen molar-refractivity contribution in [1.82, 2.24) is 5.32 Å². The Bertz CT molecular complexity index is 140. The van der Waals surface area contributed by atoms with Crippen LogP contribution in [0.15, 0.2) is 0 Å². The van der Waals surface area contributed by atoms with Crippen LogP contribution in [0.5, 0.6) is 0 Å². The molecule has 4 nitrogen and oxygen atoms in total. The lowest BCUT2D eigenvalue weighted by Crippen LogP contribution is -2.47. The molecule has 0 aromatic rings. The molecule has 0 heterocycles. The van der Waals surface area contributed by atoms with E-state index in [1.54, 1.807) is 0 Å². The van der Waals surface area contributed by atoms with Crippen molar-refractivity contribution < 1.29 is 9.90 Å². The van der Waals surface area contributed by atoms with E-state index in [1.165, 1.54) is 0 Å². The fourth-order valence-electron chi connectivity index (χ4n) is 0.778.